The molecular weight excluding hydrogens is 378 g/mol. The molecule has 4 aromatic rings. The maximum Gasteiger partial charge on any atom is 0.164 e. The van der Waals surface area contributed by atoms with Crippen LogP contribution in [-0.4, -0.2) is 46.0 Å². The molecule has 0 bridgehead atoms. The number of benzene rings is 1. The Balaban J connectivity index is 1.41. The lowest BCUT2D eigenvalue weighted by atomic mass is 10.2. The average molecular weight is 402 g/mol. The molecule has 29 heavy (non-hydrogen) atoms. The third kappa shape index (κ3) is 3.86. The van der Waals surface area contributed by atoms with E-state index in [1.807, 2.05) is 18.3 Å². The van der Waals surface area contributed by atoms with Crippen LogP contribution < -0.4 is 4.90 Å². The molecule has 0 spiro atoms. The van der Waals surface area contributed by atoms with E-state index in [0.29, 0.717) is 0 Å². The number of aromatic nitrogens is 3. The summed E-state index contributed by atoms with van der Waals surface area (Å²) in [4.78, 5) is 21.3. The van der Waals surface area contributed by atoms with Crippen molar-refractivity contribution in [3.8, 4) is 11.4 Å². The van der Waals surface area contributed by atoms with Crippen molar-refractivity contribution in [2.75, 3.05) is 31.1 Å². The van der Waals surface area contributed by atoms with Gasteiger partial charge in [0.2, 0.25) is 0 Å². The van der Waals surface area contributed by atoms with Crippen LogP contribution in [0.5, 0.6) is 0 Å². The number of hydrogen-bond acceptors (Lipinski definition) is 6. The summed E-state index contributed by atoms with van der Waals surface area (Å²) in [5, 5.41) is 1.16. The van der Waals surface area contributed by atoms with Crippen LogP contribution in [0.4, 0.5) is 5.82 Å². The van der Waals surface area contributed by atoms with E-state index in [1.54, 1.807) is 17.5 Å². The van der Waals surface area contributed by atoms with Crippen LogP contribution in [0, 0.1) is 6.92 Å². The van der Waals surface area contributed by atoms with Crippen LogP contribution >= 0.6 is 11.3 Å². The number of pyridine rings is 1. The third-order valence-electron chi connectivity index (χ3n) is 5.34. The maximum atomic E-state index is 4.98. The largest absolute Gasteiger partial charge is 0.353 e. The highest BCUT2D eigenvalue weighted by Crippen LogP contribution is 2.33. The van der Waals surface area contributed by atoms with E-state index in [4.69, 9.17) is 9.97 Å². The van der Waals surface area contributed by atoms with E-state index in [0.717, 1.165) is 60.1 Å². The Bertz CT molecular complexity index is 1100. The number of piperazine rings is 1. The molecule has 5 nitrogen and oxygen atoms in total. The van der Waals surface area contributed by atoms with E-state index >= 15 is 0 Å². The van der Waals surface area contributed by atoms with Gasteiger partial charge in [-0.2, -0.15) is 0 Å². The Hall–Kier alpha value is -2.83. The first-order chi connectivity index (χ1) is 14.3. The summed E-state index contributed by atoms with van der Waals surface area (Å²) in [7, 11) is 0. The second kappa shape index (κ2) is 7.89. The summed E-state index contributed by atoms with van der Waals surface area (Å²) in [6.45, 7) is 7.15. The predicted octanol–water partition coefficient (Wildman–Crippen LogP) is 4.38. The van der Waals surface area contributed by atoms with E-state index in [9.17, 15) is 0 Å². The third-order valence-corrected chi connectivity index (χ3v) is 6.28. The van der Waals surface area contributed by atoms with Gasteiger partial charge in [0, 0.05) is 55.6 Å². The zero-order valence-corrected chi connectivity index (χ0v) is 17.3. The first-order valence-electron chi connectivity index (χ1n) is 9.96. The minimum atomic E-state index is 0.758. The first-order valence-corrected chi connectivity index (χ1v) is 10.8. The van der Waals surface area contributed by atoms with Gasteiger partial charge in [-0.05, 0) is 30.7 Å². The van der Waals surface area contributed by atoms with Gasteiger partial charge in [-0.1, -0.05) is 30.3 Å². The van der Waals surface area contributed by atoms with Crippen LogP contribution in [0.25, 0.3) is 21.6 Å². The number of aryl methyl sites for hydroxylation is 1. The van der Waals surface area contributed by atoms with Gasteiger partial charge in [0.15, 0.2) is 5.82 Å². The lowest BCUT2D eigenvalue weighted by molar-refractivity contribution is 0.249. The van der Waals surface area contributed by atoms with Crippen molar-refractivity contribution < 1.29 is 0 Å². The molecule has 0 radical (unpaired) electrons. The molecular formula is C23H23N5S. The standard InChI is InChI=1S/C23H23N5S/c1-17-14-20-22(25-21(26-23(20)29-17)19-8-5-9-24-15-19)28-12-10-27(11-13-28)16-18-6-3-2-4-7-18/h2-9,14-15H,10-13,16H2,1H3. The minimum Gasteiger partial charge on any atom is -0.353 e. The molecule has 0 unspecified atom stereocenters. The van der Waals surface area contributed by atoms with E-state index in [-0.39, 0.29) is 0 Å². The van der Waals surface area contributed by atoms with Crippen LogP contribution in [0.3, 0.4) is 0 Å². The molecule has 0 N–H and O–H groups in total. The van der Waals surface area contributed by atoms with Gasteiger partial charge in [0.05, 0.1) is 5.39 Å². The Morgan fingerprint density at radius 2 is 1.79 bits per heavy atom. The first kappa shape index (κ1) is 18.2. The summed E-state index contributed by atoms with van der Waals surface area (Å²) in [6, 6.07) is 16.9. The molecule has 0 amide bonds. The molecule has 6 heteroatoms. The van der Waals surface area contributed by atoms with Gasteiger partial charge in [0.25, 0.3) is 0 Å². The Morgan fingerprint density at radius 3 is 2.55 bits per heavy atom. The van der Waals surface area contributed by atoms with Crippen molar-refractivity contribution in [2.45, 2.75) is 13.5 Å². The van der Waals surface area contributed by atoms with Crippen molar-refractivity contribution >= 4 is 27.4 Å². The van der Waals surface area contributed by atoms with Crippen molar-refractivity contribution in [2.24, 2.45) is 0 Å². The van der Waals surface area contributed by atoms with Gasteiger partial charge in [-0.15, -0.1) is 11.3 Å². The Labute approximate surface area is 174 Å². The lowest BCUT2D eigenvalue weighted by Crippen LogP contribution is -2.46. The monoisotopic (exact) mass is 401 g/mol. The summed E-state index contributed by atoms with van der Waals surface area (Å²) in [5.41, 5.74) is 2.34. The van der Waals surface area contributed by atoms with Crippen molar-refractivity contribution in [3.05, 3.63) is 71.4 Å². The number of anilines is 1. The molecule has 1 saturated heterocycles. The molecule has 4 heterocycles. The topological polar surface area (TPSA) is 45.2 Å². The van der Waals surface area contributed by atoms with Crippen LogP contribution in [0.2, 0.25) is 0 Å². The summed E-state index contributed by atoms with van der Waals surface area (Å²) in [6.07, 6.45) is 3.62. The highest BCUT2D eigenvalue weighted by atomic mass is 32.1. The van der Waals surface area contributed by atoms with E-state index < -0.39 is 0 Å². The predicted molar refractivity (Wildman–Crippen MR) is 119 cm³/mol. The smallest absolute Gasteiger partial charge is 0.164 e. The highest BCUT2D eigenvalue weighted by Gasteiger charge is 2.22. The van der Waals surface area contributed by atoms with Gasteiger partial charge >= 0.3 is 0 Å². The van der Waals surface area contributed by atoms with Gasteiger partial charge in [-0.3, -0.25) is 9.88 Å². The average Bonchev–Trinajstić information content (AvgIpc) is 3.15. The number of fused-ring (bicyclic) bond motifs is 1. The Morgan fingerprint density at radius 1 is 0.966 bits per heavy atom. The lowest BCUT2D eigenvalue weighted by Gasteiger charge is -2.35. The van der Waals surface area contributed by atoms with Gasteiger partial charge < -0.3 is 4.90 Å². The minimum absolute atomic E-state index is 0.758. The summed E-state index contributed by atoms with van der Waals surface area (Å²) >= 11 is 1.73. The van der Waals surface area contributed by atoms with Gasteiger partial charge in [-0.25, -0.2) is 9.97 Å². The molecule has 1 aromatic carbocycles. The molecule has 1 aliphatic rings. The maximum absolute atomic E-state index is 4.98. The van der Waals surface area contributed by atoms with Crippen molar-refractivity contribution in [3.63, 3.8) is 0 Å². The van der Waals surface area contributed by atoms with E-state index in [1.165, 1.54) is 10.4 Å². The van der Waals surface area contributed by atoms with Gasteiger partial charge in [0.1, 0.15) is 10.6 Å². The second-order valence-corrected chi connectivity index (χ2v) is 8.67. The van der Waals surface area contributed by atoms with Crippen molar-refractivity contribution in [1.29, 1.82) is 0 Å². The molecule has 5 rings (SSSR count). The molecule has 3 aromatic heterocycles. The van der Waals surface area contributed by atoms with Crippen LogP contribution in [0.1, 0.15) is 10.4 Å². The van der Waals surface area contributed by atoms with Crippen LogP contribution in [-0.2, 0) is 6.54 Å². The molecule has 0 atom stereocenters. The fraction of sp³-hybridized carbons (Fsp3) is 0.261. The van der Waals surface area contributed by atoms with Crippen molar-refractivity contribution in [1.82, 2.24) is 19.9 Å². The SMILES string of the molecule is Cc1cc2c(N3CCN(Cc4ccccc4)CC3)nc(-c3cccnc3)nc2s1. The molecule has 146 valence electrons. The normalized spacial score (nSPS) is 15.1. The number of rotatable bonds is 4. The molecule has 1 fully saturated rings. The fourth-order valence-electron chi connectivity index (χ4n) is 3.85. The number of thiophene rings is 1. The summed E-state index contributed by atoms with van der Waals surface area (Å²) in [5.74, 6) is 1.81. The zero-order chi connectivity index (χ0) is 19.6. The van der Waals surface area contributed by atoms with E-state index in [2.05, 4.69) is 58.1 Å². The quantitative estimate of drug-likeness (QED) is 0.508. The van der Waals surface area contributed by atoms with Crippen LogP contribution in [0.15, 0.2) is 60.9 Å². The number of nitrogens with zero attached hydrogens (tertiary/aromatic N) is 5. The summed E-state index contributed by atoms with van der Waals surface area (Å²) < 4.78 is 0. The molecule has 0 aliphatic carbocycles. The molecule has 0 saturated carbocycles. The highest BCUT2D eigenvalue weighted by molar-refractivity contribution is 7.18. The number of hydrogen-bond donors (Lipinski definition) is 0. The fourth-order valence-corrected chi connectivity index (χ4v) is 4.73. The zero-order valence-electron chi connectivity index (χ0n) is 16.5. The Kier molecular flexibility index (Phi) is 4.96. The second-order valence-electron chi connectivity index (χ2n) is 7.44. The molecule has 1 aliphatic heterocycles.